The Bertz CT molecular complexity index is 2740. The molecular formula is C60H96N18O11. The Morgan fingerprint density at radius 1 is 0.584 bits per heavy atom. The van der Waals surface area contributed by atoms with Gasteiger partial charge in [-0.2, -0.15) is 0 Å². The van der Waals surface area contributed by atoms with Gasteiger partial charge < -0.3 is 92.3 Å². The molecule has 0 bridgehead atoms. The highest BCUT2D eigenvalue weighted by Gasteiger charge is 2.41. The maximum atomic E-state index is 14.7. The van der Waals surface area contributed by atoms with Crippen molar-refractivity contribution in [3.05, 3.63) is 65.7 Å². The highest BCUT2D eigenvalue weighted by molar-refractivity contribution is 5.99. The van der Waals surface area contributed by atoms with Gasteiger partial charge in [-0.15, -0.1) is 0 Å². The molecule has 10 amide bonds. The predicted octanol–water partition coefficient (Wildman–Crippen LogP) is -2.67. The van der Waals surface area contributed by atoms with Gasteiger partial charge in [-0.05, 0) is 125 Å². The molecule has 2 aromatic carbocycles. The van der Waals surface area contributed by atoms with Crippen LogP contribution < -0.4 is 77.4 Å². The van der Waals surface area contributed by atoms with Gasteiger partial charge in [-0.1, -0.05) is 76.6 Å². The number of nitrogens with zero attached hydrogens (tertiary/aromatic N) is 4. The number of carbonyl (C=O) groups is 10. The Kier molecular flexibility index (Phi) is 30.5. The molecule has 0 aliphatic carbocycles. The van der Waals surface area contributed by atoms with Gasteiger partial charge in [0.1, 0.15) is 54.1 Å². The fourth-order valence-electron chi connectivity index (χ4n) is 10.6. The minimum atomic E-state index is -1.35. The second kappa shape index (κ2) is 37.3. The molecule has 2 aliphatic heterocycles. The van der Waals surface area contributed by atoms with Crippen LogP contribution in [-0.2, 0) is 60.8 Å². The summed E-state index contributed by atoms with van der Waals surface area (Å²) in [6.07, 6.45) is 3.67. The zero-order chi connectivity index (χ0) is 65.7. The summed E-state index contributed by atoms with van der Waals surface area (Å²) in [7, 11) is 0. The highest BCUT2D eigenvalue weighted by atomic mass is 16.3. The summed E-state index contributed by atoms with van der Waals surface area (Å²) in [5, 5.41) is 28.9. The first-order chi connectivity index (χ1) is 42.3. The van der Waals surface area contributed by atoms with Crippen molar-refractivity contribution in [2.75, 3.05) is 39.3 Å². The summed E-state index contributed by atoms with van der Waals surface area (Å²) in [5.74, 6) is -7.86. The van der Waals surface area contributed by atoms with Crippen molar-refractivity contribution in [2.24, 2.45) is 62.0 Å². The van der Waals surface area contributed by atoms with E-state index in [0.29, 0.717) is 49.8 Å². The van der Waals surface area contributed by atoms with Crippen molar-refractivity contribution in [3.8, 4) is 5.75 Å². The van der Waals surface area contributed by atoms with Gasteiger partial charge in [0.05, 0.1) is 12.6 Å². The number of nitrogens with one attached hydrogen (secondary N) is 7. The van der Waals surface area contributed by atoms with Crippen LogP contribution in [-0.4, -0.2) is 180 Å². The number of unbranched alkanes of at least 4 members (excludes halogenated alkanes) is 1. The van der Waals surface area contributed by atoms with Crippen molar-refractivity contribution in [3.63, 3.8) is 0 Å². The molecule has 2 heterocycles. The first-order valence-corrected chi connectivity index (χ1v) is 30.7. The summed E-state index contributed by atoms with van der Waals surface area (Å²) in [6.45, 7) is 7.60. The zero-order valence-corrected chi connectivity index (χ0v) is 51.8. The average molecular weight is 1250 g/mol. The molecule has 4 rings (SSSR count). The Labute approximate surface area is 520 Å². The normalized spacial score (nSPS) is 17.2. The third-order valence-electron chi connectivity index (χ3n) is 15.7. The molecular weight excluding hydrogens is 1150 g/mol. The molecule has 0 spiro atoms. The Morgan fingerprint density at radius 3 is 1.67 bits per heavy atom. The highest BCUT2D eigenvalue weighted by Crippen LogP contribution is 2.23. The topological polar surface area (TPSA) is 488 Å². The lowest BCUT2D eigenvalue weighted by Crippen LogP contribution is -2.61. The molecule has 29 heteroatoms. The van der Waals surface area contributed by atoms with Crippen molar-refractivity contribution < 1.29 is 53.1 Å². The SMILES string of the molecule is CC[C@H](C)[C@H](NC(=O)[C@H](CCCN=C(N)N)NC(=O)[C@H](CC(C)C)NC(=O)[C@H](Cc1ccccc1)NC(=O)[C@@H]1CCCN1C(=O)CNC(=O)[C@@H](N)Cc1ccc(O)cc1)C(=O)N[C@@H](CCCN=C(N)N)C(=O)N1CCC[C@H]1C(=O)N[C@@H](CCCCN)C(N)=O. The fraction of sp³-hybridized carbons (Fsp3) is 0.600. The number of aliphatic imine (C=N–C) groups is 2. The lowest BCUT2D eigenvalue weighted by molar-refractivity contribution is -0.142. The molecule has 10 atom stereocenters. The van der Waals surface area contributed by atoms with E-state index >= 15 is 0 Å². The lowest BCUT2D eigenvalue weighted by Gasteiger charge is -2.32. The van der Waals surface area contributed by atoms with Crippen molar-refractivity contribution >= 4 is 71.0 Å². The number of hydrogen-bond acceptors (Lipinski definition) is 15. The molecule has 2 saturated heterocycles. The number of phenols is 1. The molecule has 0 unspecified atom stereocenters. The van der Waals surface area contributed by atoms with Gasteiger partial charge in [-0.25, -0.2) is 0 Å². The largest absolute Gasteiger partial charge is 0.508 e. The molecule has 2 aliphatic rings. The number of rotatable bonds is 37. The Balaban J connectivity index is 1.56. The molecule has 29 nitrogen and oxygen atoms in total. The van der Waals surface area contributed by atoms with Crippen LogP contribution in [0.15, 0.2) is 64.6 Å². The van der Waals surface area contributed by atoms with Crippen LogP contribution in [0.5, 0.6) is 5.75 Å². The number of nitrogens with two attached hydrogens (primary N) is 7. The van der Waals surface area contributed by atoms with Gasteiger partial charge in [0.2, 0.25) is 59.1 Å². The molecule has 0 aromatic heterocycles. The second-order valence-electron chi connectivity index (χ2n) is 23.2. The molecule has 2 fully saturated rings. The van der Waals surface area contributed by atoms with E-state index in [0.717, 1.165) is 0 Å². The predicted molar refractivity (Wildman–Crippen MR) is 335 cm³/mol. The van der Waals surface area contributed by atoms with Crippen LogP contribution in [0, 0.1) is 11.8 Å². The summed E-state index contributed by atoms with van der Waals surface area (Å²) < 4.78 is 0. The maximum absolute atomic E-state index is 14.7. The smallest absolute Gasteiger partial charge is 0.245 e. The first-order valence-electron chi connectivity index (χ1n) is 30.7. The van der Waals surface area contributed by atoms with Gasteiger partial charge in [0.15, 0.2) is 11.9 Å². The third-order valence-corrected chi connectivity index (χ3v) is 15.7. The van der Waals surface area contributed by atoms with E-state index in [4.69, 9.17) is 40.1 Å². The fourth-order valence-corrected chi connectivity index (χ4v) is 10.6. The number of likely N-dealkylation sites (tertiary alicyclic amines) is 2. The minimum absolute atomic E-state index is 0.0134. The zero-order valence-electron chi connectivity index (χ0n) is 51.8. The van der Waals surface area contributed by atoms with E-state index in [1.54, 1.807) is 56.3 Å². The van der Waals surface area contributed by atoms with E-state index in [1.807, 2.05) is 13.8 Å². The standard InChI is InChI=1S/C60H96N18O11/c1-5-36(4)49(57(88)73-43(19-12-28-69-60(66)67)58(89)78-30-14-21-47(78)56(87)71-41(50(63)81)17-9-10-26-61)76-52(83)42(18-11-27-68-59(64)65)72-53(84)44(31-35(2)3)74-54(85)45(33-37-15-7-6-8-16-37)75-55(86)46-20-13-29-77(46)48(80)34-70-51(82)40(62)32-38-22-24-39(79)25-23-38/h6-8,15-16,22-25,35-36,40-47,49,79H,5,9-14,17-21,26-34,61-62H2,1-4H3,(H2,63,81)(H,70,82)(H,71,87)(H,72,84)(H,73,88)(H,74,85)(H,75,86)(H,76,83)(H4,64,65,68)(H4,66,67,69)/t36-,40-,41-,42-,43-,44-,45-,46-,47-,49-/m0/s1. The number of guanidine groups is 2. The maximum Gasteiger partial charge on any atom is 0.245 e. The van der Waals surface area contributed by atoms with Gasteiger partial charge in [0.25, 0.3) is 0 Å². The minimum Gasteiger partial charge on any atom is -0.508 e. The molecule has 2 aromatic rings. The van der Waals surface area contributed by atoms with Crippen LogP contribution in [0.25, 0.3) is 0 Å². The van der Waals surface area contributed by atoms with Crippen molar-refractivity contribution in [2.45, 2.75) is 178 Å². The van der Waals surface area contributed by atoms with Crippen LogP contribution in [0.1, 0.15) is 122 Å². The van der Waals surface area contributed by atoms with Gasteiger partial charge >= 0.3 is 0 Å². The number of phenolic OH excluding ortho intramolecular Hbond substituents is 1. The van der Waals surface area contributed by atoms with E-state index in [-0.39, 0.29) is 114 Å². The van der Waals surface area contributed by atoms with E-state index < -0.39 is 126 Å². The van der Waals surface area contributed by atoms with Crippen molar-refractivity contribution in [1.29, 1.82) is 0 Å². The number of benzene rings is 2. The summed E-state index contributed by atoms with van der Waals surface area (Å²) >= 11 is 0. The van der Waals surface area contributed by atoms with Crippen LogP contribution in [0.2, 0.25) is 0 Å². The number of primary amides is 1. The molecule has 22 N–H and O–H groups in total. The van der Waals surface area contributed by atoms with Crippen LogP contribution in [0.4, 0.5) is 0 Å². The molecule has 492 valence electrons. The number of hydrogen-bond donors (Lipinski definition) is 15. The lowest BCUT2D eigenvalue weighted by atomic mass is 9.96. The van der Waals surface area contributed by atoms with Crippen LogP contribution >= 0.6 is 0 Å². The molecule has 0 radical (unpaired) electrons. The van der Waals surface area contributed by atoms with E-state index in [2.05, 4.69) is 47.2 Å². The quantitative estimate of drug-likeness (QED) is 0.0186. The first kappa shape index (κ1) is 72.9. The van der Waals surface area contributed by atoms with E-state index in [9.17, 15) is 53.1 Å². The average Bonchev–Trinajstić information content (AvgIpc) is 2.42. The number of carbonyl (C=O) groups excluding carboxylic acids is 10. The number of amides is 10. The van der Waals surface area contributed by atoms with Gasteiger partial charge in [0, 0.05) is 32.6 Å². The summed E-state index contributed by atoms with van der Waals surface area (Å²) in [5.41, 5.74) is 41.1. The summed E-state index contributed by atoms with van der Waals surface area (Å²) in [4.78, 5) is 151. The number of aromatic hydroxyl groups is 1. The Morgan fingerprint density at radius 2 is 1.10 bits per heavy atom. The Hall–Kier alpha value is -8.60. The second-order valence-corrected chi connectivity index (χ2v) is 23.2. The summed E-state index contributed by atoms with van der Waals surface area (Å²) in [6, 6.07) is 4.55. The van der Waals surface area contributed by atoms with E-state index in [1.165, 1.54) is 21.9 Å². The third kappa shape index (κ3) is 24.5. The molecule has 89 heavy (non-hydrogen) atoms. The van der Waals surface area contributed by atoms with Crippen LogP contribution in [0.3, 0.4) is 0 Å². The molecule has 0 saturated carbocycles. The van der Waals surface area contributed by atoms with Gasteiger partial charge in [-0.3, -0.25) is 57.9 Å². The monoisotopic (exact) mass is 1240 g/mol. The van der Waals surface area contributed by atoms with Crippen molar-refractivity contribution in [1.82, 2.24) is 47.0 Å².